The van der Waals surface area contributed by atoms with Crippen molar-refractivity contribution in [1.29, 1.82) is 0 Å². The standard InChI is InChI=1S/C24H24N2O4/c1-17-4-6-18(7-5-17)16-30-21-11-9-20(10-12-21)24(27)26-25-15-19-8-13-22(28-2)23(14-19)29-3/h4-15H,16H2,1-3H3,(H,26,27)/b25-15+. The molecule has 3 aromatic carbocycles. The smallest absolute Gasteiger partial charge is 0.271 e. The van der Waals surface area contributed by atoms with Crippen LogP contribution in [0.15, 0.2) is 71.8 Å². The number of carbonyl (C=O) groups is 1. The third-order valence-electron chi connectivity index (χ3n) is 4.43. The number of methoxy groups -OCH3 is 2. The van der Waals surface area contributed by atoms with E-state index in [-0.39, 0.29) is 5.91 Å². The fourth-order valence-corrected chi connectivity index (χ4v) is 2.72. The summed E-state index contributed by atoms with van der Waals surface area (Å²) in [6.45, 7) is 2.52. The van der Waals surface area contributed by atoms with Crippen molar-refractivity contribution in [2.75, 3.05) is 14.2 Å². The Morgan fingerprint density at radius 1 is 0.933 bits per heavy atom. The maximum absolute atomic E-state index is 12.3. The van der Waals surface area contributed by atoms with Crippen LogP contribution in [-0.4, -0.2) is 26.3 Å². The van der Waals surface area contributed by atoms with Gasteiger partial charge in [0.2, 0.25) is 0 Å². The van der Waals surface area contributed by atoms with E-state index in [1.807, 2.05) is 25.1 Å². The summed E-state index contributed by atoms with van der Waals surface area (Å²) in [7, 11) is 3.14. The summed E-state index contributed by atoms with van der Waals surface area (Å²) >= 11 is 0. The first kappa shape index (κ1) is 20.9. The molecule has 3 rings (SSSR count). The van der Waals surface area contributed by atoms with Crippen molar-refractivity contribution in [3.8, 4) is 17.2 Å². The number of carbonyl (C=O) groups excluding carboxylic acids is 1. The molecule has 0 aromatic heterocycles. The molecule has 1 amide bonds. The summed E-state index contributed by atoms with van der Waals surface area (Å²) in [5.74, 6) is 1.61. The van der Waals surface area contributed by atoms with Crippen LogP contribution < -0.4 is 19.6 Å². The van der Waals surface area contributed by atoms with E-state index in [2.05, 4.69) is 22.7 Å². The van der Waals surface area contributed by atoms with Crippen LogP contribution in [0.25, 0.3) is 0 Å². The van der Waals surface area contributed by atoms with E-state index in [4.69, 9.17) is 14.2 Å². The third-order valence-corrected chi connectivity index (χ3v) is 4.43. The SMILES string of the molecule is COc1ccc(/C=N/NC(=O)c2ccc(OCc3ccc(C)cc3)cc2)cc1OC. The number of hydrazone groups is 1. The summed E-state index contributed by atoms with van der Waals surface area (Å²) in [5.41, 5.74) is 6.07. The molecule has 0 unspecified atom stereocenters. The number of rotatable bonds is 8. The van der Waals surface area contributed by atoms with Gasteiger partial charge in [-0.15, -0.1) is 0 Å². The molecule has 0 saturated heterocycles. The molecule has 0 saturated carbocycles. The highest BCUT2D eigenvalue weighted by Crippen LogP contribution is 2.26. The first-order valence-corrected chi connectivity index (χ1v) is 9.43. The second-order valence-corrected chi connectivity index (χ2v) is 6.61. The Balaban J connectivity index is 1.54. The van der Waals surface area contributed by atoms with Gasteiger partial charge in [0.25, 0.3) is 5.91 Å². The zero-order valence-electron chi connectivity index (χ0n) is 17.2. The van der Waals surface area contributed by atoms with Gasteiger partial charge in [0.05, 0.1) is 20.4 Å². The van der Waals surface area contributed by atoms with E-state index < -0.39 is 0 Å². The van der Waals surface area contributed by atoms with Gasteiger partial charge < -0.3 is 14.2 Å². The number of aryl methyl sites for hydroxylation is 1. The summed E-state index contributed by atoms with van der Waals surface area (Å²) in [6, 6.07) is 20.5. The number of nitrogens with one attached hydrogen (secondary N) is 1. The molecule has 0 spiro atoms. The van der Waals surface area contributed by atoms with Gasteiger partial charge in [-0.05, 0) is 60.5 Å². The van der Waals surface area contributed by atoms with E-state index >= 15 is 0 Å². The van der Waals surface area contributed by atoms with Crippen LogP contribution in [0, 0.1) is 6.92 Å². The number of nitrogens with zero attached hydrogens (tertiary/aromatic N) is 1. The van der Waals surface area contributed by atoms with E-state index in [9.17, 15) is 4.79 Å². The Morgan fingerprint density at radius 2 is 1.63 bits per heavy atom. The Hall–Kier alpha value is -3.80. The maximum atomic E-state index is 12.3. The molecule has 1 N–H and O–H groups in total. The van der Waals surface area contributed by atoms with Crippen molar-refractivity contribution >= 4 is 12.1 Å². The molecule has 0 bridgehead atoms. The lowest BCUT2D eigenvalue weighted by Crippen LogP contribution is -2.17. The average Bonchev–Trinajstić information content (AvgIpc) is 2.78. The lowest BCUT2D eigenvalue weighted by Gasteiger charge is -2.08. The van der Waals surface area contributed by atoms with Crippen LogP contribution in [0.1, 0.15) is 27.0 Å². The van der Waals surface area contributed by atoms with Gasteiger partial charge >= 0.3 is 0 Å². The molecular formula is C24H24N2O4. The van der Waals surface area contributed by atoms with Crippen molar-refractivity contribution in [1.82, 2.24) is 5.43 Å². The molecule has 30 heavy (non-hydrogen) atoms. The lowest BCUT2D eigenvalue weighted by atomic mass is 10.2. The largest absolute Gasteiger partial charge is 0.493 e. The molecule has 0 radical (unpaired) electrons. The highest BCUT2D eigenvalue weighted by atomic mass is 16.5. The van der Waals surface area contributed by atoms with Gasteiger partial charge in [0, 0.05) is 5.56 Å². The molecule has 0 aliphatic rings. The molecule has 0 aliphatic carbocycles. The molecule has 6 nitrogen and oxygen atoms in total. The summed E-state index contributed by atoms with van der Waals surface area (Å²) in [4.78, 5) is 12.3. The second-order valence-electron chi connectivity index (χ2n) is 6.61. The second kappa shape index (κ2) is 10.1. The fraction of sp³-hybridized carbons (Fsp3) is 0.167. The van der Waals surface area contributed by atoms with Gasteiger partial charge in [-0.1, -0.05) is 29.8 Å². The predicted octanol–water partition coefficient (Wildman–Crippen LogP) is 4.36. The zero-order valence-corrected chi connectivity index (χ0v) is 17.2. The van der Waals surface area contributed by atoms with Crippen LogP contribution in [0.2, 0.25) is 0 Å². The highest BCUT2D eigenvalue weighted by molar-refractivity contribution is 5.95. The summed E-state index contributed by atoms with van der Waals surface area (Å²) in [5, 5.41) is 4.00. The highest BCUT2D eigenvalue weighted by Gasteiger charge is 2.06. The Bertz CT molecular complexity index is 1010. The van der Waals surface area contributed by atoms with Gasteiger partial charge in [-0.2, -0.15) is 5.10 Å². The molecule has 0 fully saturated rings. The van der Waals surface area contributed by atoms with E-state index in [0.717, 1.165) is 11.1 Å². The van der Waals surface area contributed by atoms with Crippen LogP contribution in [0.5, 0.6) is 17.2 Å². The normalized spacial score (nSPS) is 10.6. The van der Waals surface area contributed by atoms with E-state index in [0.29, 0.717) is 29.4 Å². The quantitative estimate of drug-likeness (QED) is 0.448. The molecule has 3 aromatic rings. The van der Waals surface area contributed by atoms with Gasteiger partial charge in [0.1, 0.15) is 12.4 Å². The minimum Gasteiger partial charge on any atom is -0.493 e. The van der Waals surface area contributed by atoms with Crippen LogP contribution in [-0.2, 0) is 6.61 Å². The van der Waals surface area contributed by atoms with Crippen LogP contribution in [0.3, 0.4) is 0 Å². The first-order valence-electron chi connectivity index (χ1n) is 9.43. The van der Waals surface area contributed by atoms with Crippen molar-refractivity contribution in [2.45, 2.75) is 13.5 Å². The number of amides is 1. The molecule has 6 heteroatoms. The van der Waals surface area contributed by atoms with Gasteiger partial charge in [0.15, 0.2) is 11.5 Å². The van der Waals surface area contributed by atoms with E-state index in [1.165, 1.54) is 5.56 Å². The number of ether oxygens (including phenoxy) is 3. The van der Waals surface area contributed by atoms with Gasteiger partial charge in [-0.25, -0.2) is 5.43 Å². The lowest BCUT2D eigenvalue weighted by molar-refractivity contribution is 0.0955. The molecule has 154 valence electrons. The summed E-state index contributed by atoms with van der Waals surface area (Å²) < 4.78 is 16.2. The Kier molecular flexibility index (Phi) is 7.05. The average molecular weight is 404 g/mol. The van der Waals surface area contributed by atoms with Crippen molar-refractivity contribution in [2.24, 2.45) is 5.10 Å². The van der Waals surface area contributed by atoms with Crippen LogP contribution >= 0.6 is 0 Å². The van der Waals surface area contributed by atoms with Gasteiger partial charge in [-0.3, -0.25) is 4.79 Å². The van der Waals surface area contributed by atoms with Crippen molar-refractivity contribution in [3.05, 3.63) is 89.0 Å². The third kappa shape index (κ3) is 5.61. The first-order chi connectivity index (χ1) is 14.6. The Morgan fingerprint density at radius 3 is 2.30 bits per heavy atom. The van der Waals surface area contributed by atoms with Crippen molar-refractivity contribution < 1.29 is 19.0 Å². The minimum absolute atomic E-state index is 0.309. The molecule has 0 atom stereocenters. The topological polar surface area (TPSA) is 69.2 Å². The monoisotopic (exact) mass is 404 g/mol. The summed E-state index contributed by atoms with van der Waals surface area (Å²) in [6.07, 6.45) is 1.54. The molecule has 0 heterocycles. The molecular weight excluding hydrogens is 380 g/mol. The maximum Gasteiger partial charge on any atom is 0.271 e. The van der Waals surface area contributed by atoms with Crippen LogP contribution in [0.4, 0.5) is 0 Å². The fourth-order valence-electron chi connectivity index (χ4n) is 2.72. The minimum atomic E-state index is -0.309. The zero-order chi connectivity index (χ0) is 21.3. The number of hydrogen-bond donors (Lipinski definition) is 1. The predicted molar refractivity (Wildman–Crippen MR) is 117 cm³/mol. The molecule has 0 aliphatic heterocycles. The Labute approximate surface area is 176 Å². The number of hydrogen-bond acceptors (Lipinski definition) is 5. The van der Waals surface area contributed by atoms with Crippen molar-refractivity contribution in [3.63, 3.8) is 0 Å². The number of benzene rings is 3. The van der Waals surface area contributed by atoms with E-state index in [1.54, 1.807) is 56.8 Å².